The molecule has 0 aromatic heterocycles. The minimum atomic E-state index is 0.295. The molecular formula is C16H26N2O. The van der Waals surface area contributed by atoms with E-state index >= 15 is 0 Å². The van der Waals surface area contributed by atoms with E-state index in [1.165, 1.54) is 31.2 Å². The lowest BCUT2D eigenvalue weighted by Crippen LogP contribution is -2.37. The van der Waals surface area contributed by atoms with Gasteiger partial charge in [-0.25, -0.2) is 0 Å². The quantitative estimate of drug-likeness (QED) is 0.856. The van der Waals surface area contributed by atoms with Gasteiger partial charge in [0.05, 0.1) is 6.61 Å². The van der Waals surface area contributed by atoms with Crippen LogP contribution in [0.25, 0.3) is 0 Å². The lowest BCUT2D eigenvalue weighted by Gasteiger charge is -2.32. The Morgan fingerprint density at radius 2 is 2.11 bits per heavy atom. The van der Waals surface area contributed by atoms with Crippen molar-refractivity contribution in [2.45, 2.75) is 44.7 Å². The molecular weight excluding hydrogens is 236 g/mol. The summed E-state index contributed by atoms with van der Waals surface area (Å²) < 4.78 is 5.59. The fourth-order valence-electron chi connectivity index (χ4n) is 3.08. The average molecular weight is 262 g/mol. The van der Waals surface area contributed by atoms with Gasteiger partial charge in [-0.2, -0.15) is 0 Å². The van der Waals surface area contributed by atoms with Crippen molar-refractivity contribution in [3.63, 3.8) is 0 Å². The van der Waals surface area contributed by atoms with Crippen LogP contribution in [0.1, 0.15) is 44.2 Å². The summed E-state index contributed by atoms with van der Waals surface area (Å²) in [6.07, 6.45) is 5.31. The zero-order valence-corrected chi connectivity index (χ0v) is 12.1. The maximum atomic E-state index is 6.01. The molecule has 3 heteroatoms. The maximum Gasteiger partial charge on any atom is 0.119 e. The number of likely N-dealkylation sites (N-methyl/N-ethyl adjacent to an activating group) is 1. The molecule has 2 rings (SSSR count). The third kappa shape index (κ3) is 3.48. The molecule has 0 heterocycles. The maximum absolute atomic E-state index is 6.01. The summed E-state index contributed by atoms with van der Waals surface area (Å²) in [4.78, 5) is 2.46. The number of hydrogen-bond acceptors (Lipinski definition) is 3. The molecule has 2 N–H and O–H groups in total. The number of nitrogens with two attached hydrogens (primary N) is 1. The molecule has 106 valence electrons. The zero-order chi connectivity index (χ0) is 13.7. The van der Waals surface area contributed by atoms with Crippen molar-refractivity contribution in [2.75, 3.05) is 20.2 Å². The van der Waals surface area contributed by atoms with Crippen molar-refractivity contribution in [2.24, 2.45) is 5.73 Å². The Hall–Kier alpha value is -1.06. The van der Waals surface area contributed by atoms with Gasteiger partial charge in [-0.1, -0.05) is 25.0 Å². The van der Waals surface area contributed by atoms with E-state index in [9.17, 15) is 0 Å². The second kappa shape index (κ2) is 6.92. The molecule has 3 nitrogen and oxygen atoms in total. The van der Waals surface area contributed by atoms with Crippen LogP contribution in [-0.4, -0.2) is 31.1 Å². The van der Waals surface area contributed by atoms with Gasteiger partial charge in [0.2, 0.25) is 0 Å². The fourth-order valence-corrected chi connectivity index (χ4v) is 3.08. The molecule has 1 aliphatic rings. The van der Waals surface area contributed by atoms with Crippen LogP contribution in [0.4, 0.5) is 0 Å². The predicted molar refractivity (Wildman–Crippen MR) is 79.4 cm³/mol. The summed E-state index contributed by atoms with van der Waals surface area (Å²) in [6.45, 7) is 3.37. The van der Waals surface area contributed by atoms with Gasteiger partial charge < -0.3 is 10.5 Å². The van der Waals surface area contributed by atoms with E-state index < -0.39 is 0 Å². The zero-order valence-electron chi connectivity index (χ0n) is 12.1. The third-order valence-corrected chi connectivity index (χ3v) is 4.17. The fraction of sp³-hybridized carbons (Fsp3) is 0.625. The Morgan fingerprint density at radius 1 is 1.37 bits per heavy atom. The van der Waals surface area contributed by atoms with Crippen molar-refractivity contribution in [3.05, 3.63) is 29.8 Å². The Labute approximate surface area is 116 Å². The monoisotopic (exact) mass is 262 g/mol. The number of benzene rings is 1. The predicted octanol–water partition coefficient (Wildman–Crippen LogP) is 2.96. The first-order valence-corrected chi connectivity index (χ1v) is 7.41. The average Bonchev–Trinajstić information content (AvgIpc) is 2.94. The van der Waals surface area contributed by atoms with Crippen molar-refractivity contribution in [3.8, 4) is 5.75 Å². The first-order valence-electron chi connectivity index (χ1n) is 7.41. The van der Waals surface area contributed by atoms with E-state index in [1.807, 2.05) is 13.0 Å². The first-order chi connectivity index (χ1) is 9.26. The second-order valence-corrected chi connectivity index (χ2v) is 5.36. The number of ether oxygens (including phenoxy) is 1. The summed E-state index contributed by atoms with van der Waals surface area (Å²) >= 11 is 0. The van der Waals surface area contributed by atoms with Crippen LogP contribution in [-0.2, 0) is 0 Å². The molecule has 0 saturated heterocycles. The normalized spacial score (nSPS) is 17.9. The highest BCUT2D eigenvalue weighted by molar-refractivity contribution is 5.31. The lowest BCUT2D eigenvalue weighted by molar-refractivity contribution is 0.179. The minimum absolute atomic E-state index is 0.295. The van der Waals surface area contributed by atoms with E-state index in [0.717, 1.165) is 5.75 Å². The van der Waals surface area contributed by atoms with Crippen LogP contribution >= 0.6 is 0 Å². The van der Waals surface area contributed by atoms with Gasteiger partial charge >= 0.3 is 0 Å². The Bertz CT molecular complexity index is 388. The standard InChI is InChI=1S/C16H26N2O/c1-3-19-15-10-6-7-13(11-15)16(12-17)18(2)14-8-4-5-9-14/h6-7,10-11,14,16H,3-5,8-9,12,17H2,1-2H3. The lowest BCUT2D eigenvalue weighted by atomic mass is 10.0. The van der Waals surface area contributed by atoms with E-state index in [-0.39, 0.29) is 0 Å². The molecule has 1 saturated carbocycles. The van der Waals surface area contributed by atoms with Gasteiger partial charge in [-0.15, -0.1) is 0 Å². The van der Waals surface area contributed by atoms with Gasteiger partial charge in [0, 0.05) is 18.6 Å². The molecule has 0 radical (unpaired) electrons. The molecule has 0 aliphatic heterocycles. The first kappa shape index (κ1) is 14.4. The van der Waals surface area contributed by atoms with Gasteiger partial charge in [-0.05, 0) is 44.5 Å². The number of nitrogens with zero attached hydrogens (tertiary/aromatic N) is 1. The van der Waals surface area contributed by atoms with Crippen molar-refractivity contribution < 1.29 is 4.74 Å². The van der Waals surface area contributed by atoms with E-state index in [2.05, 4.69) is 30.1 Å². The minimum Gasteiger partial charge on any atom is -0.494 e. The highest BCUT2D eigenvalue weighted by atomic mass is 16.5. The van der Waals surface area contributed by atoms with Crippen LogP contribution in [0.15, 0.2) is 24.3 Å². The summed E-state index contributed by atoms with van der Waals surface area (Å²) in [5.74, 6) is 0.943. The van der Waals surface area contributed by atoms with Gasteiger partial charge in [0.1, 0.15) is 5.75 Å². The summed E-state index contributed by atoms with van der Waals surface area (Å²) in [5.41, 5.74) is 7.28. The van der Waals surface area contributed by atoms with E-state index in [4.69, 9.17) is 10.5 Å². The van der Waals surface area contributed by atoms with Crippen LogP contribution in [0.2, 0.25) is 0 Å². The molecule has 0 spiro atoms. The SMILES string of the molecule is CCOc1cccc(C(CN)N(C)C2CCCC2)c1. The molecule has 1 aliphatic carbocycles. The Morgan fingerprint density at radius 3 is 2.74 bits per heavy atom. The van der Waals surface area contributed by atoms with Crippen molar-refractivity contribution >= 4 is 0 Å². The number of hydrogen-bond donors (Lipinski definition) is 1. The Kier molecular flexibility index (Phi) is 5.23. The molecule has 1 aromatic carbocycles. The molecule has 1 atom stereocenters. The largest absolute Gasteiger partial charge is 0.494 e. The molecule has 1 unspecified atom stereocenters. The molecule has 1 aromatic rings. The second-order valence-electron chi connectivity index (χ2n) is 5.36. The third-order valence-electron chi connectivity index (χ3n) is 4.17. The van der Waals surface area contributed by atoms with Gasteiger partial charge in [0.25, 0.3) is 0 Å². The topological polar surface area (TPSA) is 38.5 Å². The van der Waals surface area contributed by atoms with Crippen LogP contribution < -0.4 is 10.5 Å². The van der Waals surface area contributed by atoms with Crippen molar-refractivity contribution in [1.29, 1.82) is 0 Å². The number of rotatable bonds is 6. The van der Waals surface area contributed by atoms with Crippen LogP contribution in [0, 0.1) is 0 Å². The highest BCUT2D eigenvalue weighted by Crippen LogP contribution is 2.30. The van der Waals surface area contributed by atoms with Gasteiger partial charge in [-0.3, -0.25) is 4.90 Å². The van der Waals surface area contributed by atoms with Crippen LogP contribution in [0.5, 0.6) is 5.75 Å². The van der Waals surface area contributed by atoms with E-state index in [0.29, 0.717) is 25.2 Å². The van der Waals surface area contributed by atoms with Gasteiger partial charge in [0.15, 0.2) is 0 Å². The summed E-state index contributed by atoms with van der Waals surface area (Å²) in [7, 11) is 2.21. The summed E-state index contributed by atoms with van der Waals surface area (Å²) in [6, 6.07) is 9.34. The highest BCUT2D eigenvalue weighted by Gasteiger charge is 2.25. The molecule has 0 bridgehead atoms. The summed E-state index contributed by atoms with van der Waals surface area (Å²) in [5, 5.41) is 0. The Balaban J connectivity index is 2.13. The van der Waals surface area contributed by atoms with E-state index in [1.54, 1.807) is 0 Å². The molecule has 1 fully saturated rings. The van der Waals surface area contributed by atoms with Crippen molar-refractivity contribution in [1.82, 2.24) is 4.90 Å². The molecule has 0 amide bonds. The van der Waals surface area contributed by atoms with Crippen LogP contribution in [0.3, 0.4) is 0 Å². The molecule has 19 heavy (non-hydrogen) atoms. The smallest absolute Gasteiger partial charge is 0.119 e.